The molecular formula is C6H17N3O2. The van der Waals surface area contributed by atoms with Gasteiger partial charge in [0.15, 0.2) is 0 Å². The second kappa shape index (κ2) is 12.1. The van der Waals surface area contributed by atoms with E-state index in [1.54, 1.807) is 6.92 Å². The lowest BCUT2D eigenvalue weighted by Gasteiger charge is -1.91. The summed E-state index contributed by atoms with van der Waals surface area (Å²) in [5.74, 6) is -0.245. The zero-order valence-electron chi connectivity index (χ0n) is 6.84. The summed E-state index contributed by atoms with van der Waals surface area (Å²) < 4.78 is 0. The van der Waals surface area contributed by atoms with Crippen LogP contribution in [0.1, 0.15) is 13.3 Å². The van der Waals surface area contributed by atoms with Gasteiger partial charge >= 0.3 is 0 Å². The third-order valence-electron chi connectivity index (χ3n) is 0.781. The van der Waals surface area contributed by atoms with Crippen LogP contribution in [0.3, 0.4) is 0 Å². The second-order valence-electron chi connectivity index (χ2n) is 1.77. The Bertz CT molecular complexity index is 83.9. The molecule has 0 aliphatic heterocycles. The summed E-state index contributed by atoms with van der Waals surface area (Å²) in [7, 11) is 0. The van der Waals surface area contributed by atoms with Crippen molar-refractivity contribution in [1.29, 1.82) is 0 Å². The van der Waals surface area contributed by atoms with Crippen molar-refractivity contribution < 1.29 is 9.90 Å². The third-order valence-corrected chi connectivity index (χ3v) is 0.781. The molecule has 0 saturated carbocycles. The number of rotatable bonds is 4. The summed E-state index contributed by atoms with van der Waals surface area (Å²) >= 11 is 0. The topological polar surface area (TPSA) is 101 Å². The molecule has 0 unspecified atom stereocenters. The Morgan fingerprint density at radius 2 is 2.09 bits per heavy atom. The van der Waals surface area contributed by atoms with Gasteiger partial charge in [0.2, 0.25) is 5.91 Å². The molecule has 0 rings (SSSR count). The van der Waals surface area contributed by atoms with Crippen molar-refractivity contribution in [2.45, 2.75) is 13.3 Å². The van der Waals surface area contributed by atoms with Crippen molar-refractivity contribution in [3.05, 3.63) is 0 Å². The van der Waals surface area contributed by atoms with Gasteiger partial charge in [0, 0.05) is 19.5 Å². The van der Waals surface area contributed by atoms with Crippen LogP contribution in [0.4, 0.5) is 0 Å². The minimum absolute atomic E-state index is 0.0250. The van der Waals surface area contributed by atoms with Crippen LogP contribution in [0, 0.1) is 0 Å². The fourth-order valence-electron chi connectivity index (χ4n) is 0.181. The number of hydrogen-bond donors (Lipinski definition) is 4. The molecular weight excluding hydrogens is 146 g/mol. The van der Waals surface area contributed by atoms with E-state index in [9.17, 15) is 4.79 Å². The van der Waals surface area contributed by atoms with Gasteiger partial charge in [-0.05, 0) is 0 Å². The molecule has 0 aromatic rings. The van der Waals surface area contributed by atoms with Crippen molar-refractivity contribution >= 4 is 5.91 Å². The maximum atomic E-state index is 9.59. The smallest absolute Gasteiger partial charge is 0.217 e. The quantitative estimate of drug-likeness (QED) is 0.295. The predicted octanol–water partition coefficient (Wildman–Crippen LogP) is -1.63. The van der Waals surface area contributed by atoms with E-state index in [2.05, 4.69) is 11.1 Å². The lowest BCUT2D eigenvalue weighted by Crippen LogP contribution is -2.22. The van der Waals surface area contributed by atoms with E-state index >= 15 is 0 Å². The number of aliphatic hydroxyl groups is 1. The first kappa shape index (κ1) is 13.0. The molecule has 0 aromatic heterocycles. The summed E-state index contributed by atoms with van der Waals surface area (Å²) in [6.45, 7) is 3.02. The summed E-state index contributed by atoms with van der Waals surface area (Å²) in [6, 6.07) is 0. The number of amides is 1. The molecule has 68 valence electrons. The molecule has 11 heavy (non-hydrogen) atoms. The number of carbonyl (C=O) groups excluding carboxylic acids is 1. The molecule has 0 aromatic carbocycles. The minimum atomic E-state index is -0.245. The number of aliphatic hydroxyl groups excluding tert-OH is 1. The zero-order chi connectivity index (χ0) is 9.11. The first-order valence-electron chi connectivity index (χ1n) is 3.49. The van der Waals surface area contributed by atoms with Gasteiger partial charge < -0.3 is 16.6 Å². The van der Waals surface area contributed by atoms with Crippen molar-refractivity contribution in [1.82, 2.24) is 5.32 Å². The molecule has 0 atom stereocenters. The molecule has 1 amide bonds. The fraction of sp³-hybridized carbons (Fsp3) is 0.833. The van der Waals surface area contributed by atoms with Gasteiger partial charge in [0.05, 0.1) is 6.73 Å². The van der Waals surface area contributed by atoms with Crippen LogP contribution < -0.4 is 16.8 Å². The van der Waals surface area contributed by atoms with Crippen molar-refractivity contribution in [3.63, 3.8) is 0 Å². The molecule has 0 fully saturated rings. The van der Waals surface area contributed by atoms with E-state index < -0.39 is 0 Å². The number of carbonyl (C=O) groups is 1. The Hall–Kier alpha value is -0.650. The van der Waals surface area contributed by atoms with Gasteiger partial charge in [0.1, 0.15) is 0 Å². The molecule has 0 aliphatic carbocycles. The highest BCUT2D eigenvalue weighted by Gasteiger charge is 1.77. The molecule has 0 spiro atoms. The molecule has 5 heteroatoms. The van der Waals surface area contributed by atoms with Crippen LogP contribution in [0.25, 0.3) is 0 Å². The van der Waals surface area contributed by atoms with E-state index in [-0.39, 0.29) is 12.6 Å². The van der Waals surface area contributed by atoms with E-state index in [0.29, 0.717) is 19.5 Å². The molecule has 0 heterocycles. The number of hydrogen-bond acceptors (Lipinski definition) is 4. The van der Waals surface area contributed by atoms with E-state index in [1.807, 2.05) is 0 Å². The molecule has 0 saturated heterocycles. The van der Waals surface area contributed by atoms with Crippen molar-refractivity contribution in [2.24, 2.45) is 11.5 Å². The fourth-order valence-corrected chi connectivity index (χ4v) is 0.181. The Balaban J connectivity index is 0. The van der Waals surface area contributed by atoms with Crippen LogP contribution in [-0.4, -0.2) is 30.8 Å². The predicted molar refractivity (Wildman–Crippen MR) is 43.6 cm³/mol. The van der Waals surface area contributed by atoms with Gasteiger partial charge in [-0.15, -0.1) is 0 Å². The molecule has 5 nitrogen and oxygen atoms in total. The Kier molecular flexibility index (Phi) is 14.2. The number of nitrogens with two attached hydrogens (primary N) is 2. The SMILES string of the molecule is CCC(N)=O.NCCNCO. The average Bonchev–Trinajstić information content (AvgIpc) is 2.02. The first-order chi connectivity index (χ1) is 5.18. The summed E-state index contributed by atoms with van der Waals surface area (Å²) in [5, 5.41) is 10.7. The number of nitrogens with one attached hydrogen (secondary N) is 1. The van der Waals surface area contributed by atoms with Crippen LogP contribution in [0.5, 0.6) is 0 Å². The minimum Gasteiger partial charge on any atom is -0.381 e. The molecule has 0 radical (unpaired) electrons. The molecule has 0 bridgehead atoms. The maximum absolute atomic E-state index is 9.59. The number of primary amides is 1. The second-order valence-corrected chi connectivity index (χ2v) is 1.77. The van der Waals surface area contributed by atoms with Gasteiger partial charge in [-0.2, -0.15) is 0 Å². The average molecular weight is 163 g/mol. The first-order valence-corrected chi connectivity index (χ1v) is 3.49. The highest BCUT2D eigenvalue weighted by Crippen LogP contribution is 1.63. The van der Waals surface area contributed by atoms with E-state index in [0.717, 1.165) is 0 Å². The summed E-state index contributed by atoms with van der Waals surface area (Å²) in [6.07, 6.45) is 0.444. The monoisotopic (exact) mass is 163 g/mol. The normalized spacial score (nSPS) is 8.27. The summed E-state index contributed by atoms with van der Waals surface area (Å²) in [5.41, 5.74) is 9.69. The molecule has 0 aliphatic rings. The lowest BCUT2D eigenvalue weighted by atomic mass is 10.5. The van der Waals surface area contributed by atoms with Crippen LogP contribution in [0.15, 0.2) is 0 Å². The Labute approximate surface area is 66.8 Å². The maximum Gasteiger partial charge on any atom is 0.217 e. The van der Waals surface area contributed by atoms with Crippen molar-refractivity contribution in [2.75, 3.05) is 19.8 Å². The zero-order valence-corrected chi connectivity index (χ0v) is 6.84. The lowest BCUT2D eigenvalue weighted by molar-refractivity contribution is -0.117. The Morgan fingerprint density at radius 3 is 2.18 bits per heavy atom. The van der Waals surface area contributed by atoms with Gasteiger partial charge in [-0.3, -0.25) is 10.1 Å². The van der Waals surface area contributed by atoms with Crippen molar-refractivity contribution in [3.8, 4) is 0 Å². The standard InChI is InChI=1S/C3H10N2O.C3H7NO/c4-1-2-5-3-6;1-2-3(4)5/h5-6H,1-4H2;2H2,1H3,(H2,4,5). The van der Waals surface area contributed by atoms with E-state index in [1.165, 1.54) is 0 Å². The third kappa shape index (κ3) is 26.7. The summed E-state index contributed by atoms with van der Waals surface area (Å²) in [4.78, 5) is 9.59. The van der Waals surface area contributed by atoms with Crippen LogP contribution in [0.2, 0.25) is 0 Å². The highest BCUT2D eigenvalue weighted by atomic mass is 16.3. The van der Waals surface area contributed by atoms with Crippen LogP contribution in [-0.2, 0) is 4.79 Å². The highest BCUT2D eigenvalue weighted by molar-refractivity contribution is 5.73. The van der Waals surface area contributed by atoms with Crippen LogP contribution >= 0.6 is 0 Å². The van der Waals surface area contributed by atoms with Gasteiger partial charge in [0.25, 0.3) is 0 Å². The Morgan fingerprint density at radius 1 is 1.64 bits per heavy atom. The van der Waals surface area contributed by atoms with Gasteiger partial charge in [-0.1, -0.05) is 6.92 Å². The molecule has 6 N–H and O–H groups in total. The van der Waals surface area contributed by atoms with E-state index in [4.69, 9.17) is 10.8 Å². The van der Waals surface area contributed by atoms with Gasteiger partial charge in [-0.25, -0.2) is 0 Å². The largest absolute Gasteiger partial charge is 0.381 e.